The van der Waals surface area contributed by atoms with E-state index < -0.39 is 17.6 Å². The van der Waals surface area contributed by atoms with E-state index in [2.05, 4.69) is 15.3 Å². The number of hydrogen-bond donors (Lipinski definition) is 3. The number of nitrogens with one attached hydrogen (secondary N) is 2. The van der Waals surface area contributed by atoms with Gasteiger partial charge in [0.25, 0.3) is 0 Å². The molecule has 0 unspecified atom stereocenters. The summed E-state index contributed by atoms with van der Waals surface area (Å²) < 4.78 is 28.3. The molecule has 2 bridgehead atoms. The largest absolute Gasteiger partial charge is 0.481 e. The first-order valence-corrected chi connectivity index (χ1v) is 13.3. The number of carbonyl (C=O) groups is 2. The fourth-order valence-corrected chi connectivity index (χ4v) is 6.84. The summed E-state index contributed by atoms with van der Waals surface area (Å²) in [4.78, 5) is 32.9. The zero-order chi connectivity index (χ0) is 25.5. The molecule has 0 radical (unpaired) electrons. The number of likely N-dealkylation sites (tertiary alicyclic amines) is 1. The average Bonchev–Trinajstić information content (AvgIpc) is 3.26. The molecule has 3 saturated carbocycles. The molecule has 1 aliphatic heterocycles. The molecule has 1 atom stereocenters. The number of carboxylic acids is 1. The van der Waals surface area contributed by atoms with E-state index in [1.807, 2.05) is 11.8 Å². The normalized spacial score (nSPS) is 27.4. The van der Waals surface area contributed by atoms with Crippen LogP contribution in [0.15, 0.2) is 12.4 Å². The number of amides is 2. The number of urea groups is 1. The lowest BCUT2D eigenvalue weighted by molar-refractivity contribution is -0.138. The molecule has 1 saturated heterocycles. The van der Waals surface area contributed by atoms with Gasteiger partial charge in [-0.1, -0.05) is 6.92 Å². The molecule has 7 nitrogen and oxygen atoms in total. The highest BCUT2D eigenvalue weighted by Gasteiger charge is 2.49. The number of pyridine rings is 1. The molecule has 3 N–H and O–H groups in total. The topological polar surface area (TPSA) is 98.3 Å². The Bertz CT molecular complexity index is 1120. The third-order valence-corrected chi connectivity index (χ3v) is 9.28. The number of hydrogen-bond acceptors (Lipinski definition) is 3. The van der Waals surface area contributed by atoms with Crippen molar-refractivity contribution in [2.45, 2.75) is 89.0 Å². The first-order chi connectivity index (χ1) is 17.2. The van der Waals surface area contributed by atoms with Crippen molar-refractivity contribution in [1.29, 1.82) is 0 Å². The summed E-state index contributed by atoms with van der Waals surface area (Å²) in [5.41, 5.74) is 0.885. The summed E-state index contributed by atoms with van der Waals surface area (Å²) in [5.74, 6) is -1.60. The second kappa shape index (κ2) is 9.63. The molecular formula is C27H36F2N4O3. The van der Waals surface area contributed by atoms with Gasteiger partial charge in [-0.15, -0.1) is 0 Å². The Morgan fingerprint density at radius 1 is 1.17 bits per heavy atom. The van der Waals surface area contributed by atoms with Gasteiger partial charge in [0.1, 0.15) is 5.82 Å². The predicted molar refractivity (Wildman–Crippen MR) is 132 cm³/mol. The molecule has 0 aromatic carbocycles. The van der Waals surface area contributed by atoms with E-state index in [9.17, 15) is 18.4 Å². The number of aromatic nitrogens is 2. The molecule has 196 valence electrons. The van der Waals surface area contributed by atoms with Crippen LogP contribution in [0.3, 0.4) is 0 Å². The van der Waals surface area contributed by atoms with Crippen LogP contribution in [0.2, 0.25) is 0 Å². The summed E-state index contributed by atoms with van der Waals surface area (Å²) in [7, 11) is 0. The molecule has 2 aromatic heterocycles. The zero-order valence-corrected chi connectivity index (χ0v) is 20.9. The summed E-state index contributed by atoms with van der Waals surface area (Å²) >= 11 is 0. The second-order valence-electron chi connectivity index (χ2n) is 11.6. The number of fused-ring (bicyclic) bond motifs is 4. The van der Waals surface area contributed by atoms with E-state index in [4.69, 9.17) is 5.11 Å². The number of carbonyl (C=O) groups excluding carboxylic acids is 1. The van der Waals surface area contributed by atoms with Crippen LogP contribution in [-0.4, -0.2) is 50.6 Å². The van der Waals surface area contributed by atoms with Gasteiger partial charge in [-0.25, -0.2) is 13.6 Å². The van der Waals surface area contributed by atoms with Crippen molar-refractivity contribution in [2.75, 3.05) is 13.1 Å². The molecule has 3 aliphatic carbocycles. The van der Waals surface area contributed by atoms with Crippen LogP contribution in [0.5, 0.6) is 0 Å². The standard InChI is InChI=1S/C27H36F2N4O3/c1-17(14-21(34)35)2-5-26-6-9-27(10-7-26,11-8-26)32-25(36)33-12-3-18(4-13-33)23-22-19(28)15-31-24(22)20(29)16-30-23/h15-18,31H,2-14H2,1H3,(H,32,36)(H,34,35)/t17-,26?,27?/m1/s1. The Morgan fingerprint density at radius 2 is 1.83 bits per heavy atom. The Balaban J connectivity index is 1.14. The molecule has 4 aliphatic rings. The minimum Gasteiger partial charge on any atom is -0.481 e. The van der Waals surface area contributed by atoms with Gasteiger partial charge in [0.15, 0.2) is 5.82 Å². The Hall–Kier alpha value is -2.71. The van der Waals surface area contributed by atoms with Crippen LogP contribution in [0.1, 0.15) is 89.2 Å². The third-order valence-electron chi connectivity index (χ3n) is 9.28. The average molecular weight is 503 g/mol. The van der Waals surface area contributed by atoms with Gasteiger partial charge >= 0.3 is 12.0 Å². The number of rotatable bonds is 7. The molecule has 3 heterocycles. The summed E-state index contributed by atoms with van der Waals surface area (Å²) in [6, 6.07) is -0.0250. The van der Waals surface area contributed by atoms with Crippen LogP contribution in [0.4, 0.5) is 13.6 Å². The number of halogens is 2. The lowest BCUT2D eigenvalue weighted by Gasteiger charge is -2.54. The number of H-pyrrole nitrogens is 1. The summed E-state index contributed by atoms with van der Waals surface area (Å²) in [6.45, 7) is 3.14. The van der Waals surface area contributed by atoms with Crippen molar-refractivity contribution in [3.05, 3.63) is 29.7 Å². The number of carboxylic acid groups (broad SMARTS) is 1. The molecule has 6 rings (SSSR count). The molecule has 0 spiro atoms. The predicted octanol–water partition coefficient (Wildman–Crippen LogP) is 5.71. The zero-order valence-electron chi connectivity index (χ0n) is 20.9. The van der Waals surface area contributed by atoms with Crippen molar-refractivity contribution in [3.63, 3.8) is 0 Å². The lowest BCUT2D eigenvalue weighted by atomic mass is 9.55. The van der Waals surface area contributed by atoms with Gasteiger partial charge in [-0.2, -0.15) is 0 Å². The van der Waals surface area contributed by atoms with E-state index in [0.717, 1.165) is 57.6 Å². The van der Waals surface area contributed by atoms with Crippen molar-refractivity contribution < 1.29 is 23.5 Å². The van der Waals surface area contributed by atoms with Crippen molar-refractivity contribution in [3.8, 4) is 0 Å². The van der Waals surface area contributed by atoms with Crippen LogP contribution in [0, 0.1) is 23.0 Å². The highest BCUT2D eigenvalue weighted by Crippen LogP contribution is 2.55. The van der Waals surface area contributed by atoms with E-state index in [0.29, 0.717) is 37.0 Å². The minimum absolute atomic E-state index is 0.0193. The van der Waals surface area contributed by atoms with Crippen LogP contribution < -0.4 is 5.32 Å². The molecular weight excluding hydrogens is 466 g/mol. The number of piperidine rings is 1. The molecule has 9 heteroatoms. The summed E-state index contributed by atoms with van der Waals surface area (Å²) in [6.07, 6.45) is 12.1. The van der Waals surface area contributed by atoms with Crippen molar-refractivity contribution in [1.82, 2.24) is 20.2 Å². The highest BCUT2D eigenvalue weighted by molar-refractivity contribution is 5.83. The maximum absolute atomic E-state index is 14.3. The summed E-state index contributed by atoms with van der Waals surface area (Å²) in [5, 5.41) is 12.6. The maximum Gasteiger partial charge on any atom is 0.317 e. The van der Waals surface area contributed by atoms with Gasteiger partial charge in [-0.05, 0) is 75.5 Å². The fourth-order valence-electron chi connectivity index (χ4n) is 6.84. The number of nitrogens with zero attached hydrogens (tertiary/aromatic N) is 2. The van der Waals surface area contributed by atoms with Gasteiger partial charge in [0, 0.05) is 37.2 Å². The quantitative estimate of drug-likeness (QED) is 0.451. The molecule has 2 amide bonds. The third kappa shape index (κ3) is 4.81. The van der Waals surface area contributed by atoms with E-state index in [1.54, 1.807) is 0 Å². The van der Waals surface area contributed by atoms with E-state index in [-0.39, 0.29) is 40.7 Å². The van der Waals surface area contributed by atoms with E-state index >= 15 is 0 Å². The Morgan fingerprint density at radius 3 is 2.47 bits per heavy atom. The lowest BCUT2D eigenvalue weighted by Crippen LogP contribution is -2.59. The van der Waals surface area contributed by atoms with Crippen molar-refractivity contribution >= 4 is 22.9 Å². The van der Waals surface area contributed by atoms with E-state index in [1.165, 1.54) is 6.20 Å². The van der Waals surface area contributed by atoms with Gasteiger partial charge < -0.3 is 20.3 Å². The molecule has 2 aromatic rings. The highest BCUT2D eigenvalue weighted by atomic mass is 19.1. The van der Waals surface area contributed by atoms with Gasteiger partial charge in [0.2, 0.25) is 0 Å². The molecule has 4 fully saturated rings. The smallest absolute Gasteiger partial charge is 0.317 e. The number of aliphatic carboxylic acids is 1. The Kier molecular flexibility index (Phi) is 6.68. The van der Waals surface area contributed by atoms with Gasteiger partial charge in [-0.3, -0.25) is 9.78 Å². The SMILES string of the molecule is C[C@H](CCC12CCC(NC(=O)N3CCC(c4ncc(F)c5[nH]cc(F)c45)CC3)(CC1)CC2)CC(=O)O. The first kappa shape index (κ1) is 25.0. The van der Waals surface area contributed by atoms with Crippen LogP contribution in [0.25, 0.3) is 10.9 Å². The Labute approximate surface area is 210 Å². The maximum atomic E-state index is 14.3. The minimum atomic E-state index is -0.725. The second-order valence-corrected chi connectivity index (χ2v) is 11.6. The van der Waals surface area contributed by atoms with Crippen LogP contribution in [-0.2, 0) is 4.79 Å². The number of aromatic amines is 1. The first-order valence-electron chi connectivity index (χ1n) is 13.3. The van der Waals surface area contributed by atoms with Gasteiger partial charge in [0.05, 0.1) is 22.8 Å². The van der Waals surface area contributed by atoms with Crippen molar-refractivity contribution in [2.24, 2.45) is 11.3 Å². The monoisotopic (exact) mass is 502 g/mol. The molecule has 36 heavy (non-hydrogen) atoms. The van der Waals surface area contributed by atoms with Crippen LogP contribution >= 0.6 is 0 Å². The fraction of sp³-hybridized carbons (Fsp3) is 0.667.